The Morgan fingerprint density at radius 2 is 1.79 bits per heavy atom. The van der Waals surface area contributed by atoms with E-state index in [2.05, 4.69) is 20.3 Å². The molecule has 3 heterocycles. The van der Waals surface area contributed by atoms with Gasteiger partial charge in [-0.25, -0.2) is 0 Å². The van der Waals surface area contributed by atoms with Gasteiger partial charge in [-0.05, 0) is 41.0 Å². The number of fused-ring (bicyclic) bond motifs is 1. The molecule has 6 heteroatoms. The second-order valence-electron chi connectivity index (χ2n) is 6.83. The minimum atomic E-state index is -0.681. The summed E-state index contributed by atoms with van der Waals surface area (Å²) in [5, 5.41) is 4.28. The first-order valence-electron chi connectivity index (χ1n) is 9.40. The number of hydrogen-bond acceptors (Lipinski definition) is 5. The van der Waals surface area contributed by atoms with Gasteiger partial charge in [0.2, 0.25) is 5.91 Å². The van der Waals surface area contributed by atoms with Crippen molar-refractivity contribution < 1.29 is 4.79 Å². The topological polar surface area (TPSA) is 93.8 Å². The van der Waals surface area contributed by atoms with Gasteiger partial charge in [-0.3, -0.25) is 25.1 Å². The van der Waals surface area contributed by atoms with Gasteiger partial charge >= 0.3 is 0 Å². The van der Waals surface area contributed by atoms with Crippen LogP contribution >= 0.6 is 0 Å². The molecule has 0 aliphatic heterocycles. The van der Waals surface area contributed by atoms with Gasteiger partial charge in [0.25, 0.3) is 0 Å². The summed E-state index contributed by atoms with van der Waals surface area (Å²) < 4.78 is 0. The molecule has 6 nitrogen and oxygen atoms in total. The van der Waals surface area contributed by atoms with Crippen molar-refractivity contribution in [3.63, 3.8) is 0 Å². The summed E-state index contributed by atoms with van der Waals surface area (Å²) in [7, 11) is 0. The van der Waals surface area contributed by atoms with E-state index in [1.54, 1.807) is 12.4 Å². The largest absolute Gasteiger partial charge is 0.368 e. The van der Waals surface area contributed by atoms with Crippen molar-refractivity contribution in [3.05, 3.63) is 102 Å². The number of primary amides is 1. The van der Waals surface area contributed by atoms with Crippen LogP contribution in [0.2, 0.25) is 0 Å². The molecule has 0 aliphatic carbocycles. The summed E-state index contributed by atoms with van der Waals surface area (Å²) in [4.78, 5) is 25.2. The number of nitrogens with one attached hydrogen (secondary N) is 1. The zero-order valence-corrected chi connectivity index (χ0v) is 15.8. The van der Waals surface area contributed by atoms with Crippen molar-refractivity contribution >= 4 is 16.8 Å². The maximum Gasteiger partial charge on any atom is 0.240 e. The van der Waals surface area contributed by atoms with E-state index in [0.717, 1.165) is 27.6 Å². The maximum atomic E-state index is 12.1. The van der Waals surface area contributed by atoms with Gasteiger partial charge in [-0.15, -0.1) is 0 Å². The lowest BCUT2D eigenvalue weighted by molar-refractivity contribution is -0.120. The SMILES string of the molecule is NC(=O)C(NCc1ccncc1Cc1cccnc1)c1ccc2ccccc2n1. The van der Waals surface area contributed by atoms with E-state index >= 15 is 0 Å². The molecule has 0 radical (unpaired) electrons. The van der Waals surface area contributed by atoms with E-state index in [1.807, 2.05) is 67.0 Å². The summed E-state index contributed by atoms with van der Waals surface area (Å²) in [5.74, 6) is -0.462. The lowest BCUT2D eigenvalue weighted by Gasteiger charge is -2.17. The summed E-state index contributed by atoms with van der Waals surface area (Å²) in [5.41, 5.74) is 10.3. The number of para-hydroxylation sites is 1. The van der Waals surface area contributed by atoms with Crippen LogP contribution in [0.1, 0.15) is 28.4 Å². The molecule has 1 atom stereocenters. The Kier molecular flexibility index (Phi) is 5.54. The number of benzene rings is 1. The molecule has 3 aromatic heterocycles. The predicted molar refractivity (Wildman–Crippen MR) is 112 cm³/mol. The molecule has 0 spiro atoms. The molecule has 0 fully saturated rings. The van der Waals surface area contributed by atoms with Gasteiger partial charge in [0.15, 0.2) is 0 Å². The quantitative estimate of drug-likeness (QED) is 0.512. The van der Waals surface area contributed by atoms with Crippen LogP contribution in [0.5, 0.6) is 0 Å². The van der Waals surface area contributed by atoms with Gasteiger partial charge in [0, 0.05) is 43.1 Å². The second-order valence-corrected chi connectivity index (χ2v) is 6.83. The number of nitrogens with zero attached hydrogens (tertiary/aromatic N) is 3. The summed E-state index contributed by atoms with van der Waals surface area (Å²) in [6.07, 6.45) is 7.90. The number of aromatic nitrogens is 3. The molecule has 1 aromatic carbocycles. The maximum absolute atomic E-state index is 12.1. The zero-order chi connectivity index (χ0) is 20.1. The summed E-state index contributed by atoms with van der Waals surface area (Å²) >= 11 is 0. The van der Waals surface area contributed by atoms with E-state index in [9.17, 15) is 4.79 Å². The van der Waals surface area contributed by atoms with Gasteiger partial charge in [0.05, 0.1) is 11.2 Å². The van der Waals surface area contributed by atoms with E-state index < -0.39 is 11.9 Å². The van der Waals surface area contributed by atoms with Crippen molar-refractivity contribution in [2.75, 3.05) is 0 Å². The number of amides is 1. The van der Waals surface area contributed by atoms with Gasteiger partial charge in [-0.1, -0.05) is 30.3 Å². The van der Waals surface area contributed by atoms with E-state index in [0.29, 0.717) is 18.7 Å². The standard InChI is InChI=1S/C23H21N5O/c24-23(29)22(21-8-7-17-5-1-2-6-20(17)28-21)27-15-18-9-11-26-14-19(18)12-16-4-3-10-25-13-16/h1-11,13-14,22,27H,12,15H2,(H2,24,29). The normalized spacial score (nSPS) is 12.0. The fraction of sp³-hybridized carbons (Fsp3) is 0.130. The van der Waals surface area contributed by atoms with Crippen molar-refractivity contribution in [3.8, 4) is 0 Å². The first-order chi connectivity index (χ1) is 14.2. The predicted octanol–water partition coefficient (Wildman–Crippen LogP) is 2.93. The Labute approximate surface area is 168 Å². The Morgan fingerprint density at radius 3 is 2.62 bits per heavy atom. The highest BCUT2D eigenvalue weighted by Crippen LogP contribution is 2.18. The van der Waals surface area contributed by atoms with Crippen LogP contribution < -0.4 is 11.1 Å². The fourth-order valence-electron chi connectivity index (χ4n) is 3.32. The molecule has 3 N–H and O–H groups in total. The number of nitrogens with two attached hydrogens (primary N) is 1. The second kappa shape index (κ2) is 8.58. The number of carbonyl (C=O) groups excluding carboxylic acids is 1. The monoisotopic (exact) mass is 383 g/mol. The molecular weight excluding hydrogens is 362 g/mol. The highest BCUT2D eigenvalue weighted by molar-refractivity contribution is 5.83. The average molecular weight is 383 g/mol. The van der Waals surface area contributed by atoms with E-state index in [4.69, 9.17) is 5.73 Å². The van der Waals surface area contributed by atoms with E-state index in [1.165, 1.54) is 0 Å². The lowest BCUT2D eigenvalue weighted by Crippen LogP contribution is -2.34. The third kappa shape index (κ3) is 4.44. The van der Waals surface area contributed by atoms with Crippen molar-refractivity contribution in [2.24, 2.45) is 5.73 Å². The smallest absolute Gasteiger partial charge is 0.240 e. The van der Waals surface area contributed by atoms with Crippen LogP contribution in [0.4, 0.5) is 0 Å². The Bertz CT molecular complexity index is 1130. The third-order valence-corrected chi connectivity index (χ3v) is 4.82. The molecule has 1 unspecified atom stereocenters. The van der Waals surface area contributed by atoms with Crippen LogP contribution in [0, 0.1) is 0 Å². The van der Waals surface area contributed by atoms with Crippen LogP contribution in [0.25, 0.3) is 10.9 Å². The Hall–Kier alpha value is -3.64. The highest BCUT2D eigenvalue weighted by Gasteiger charge is 2.19. The number of hydrogen-bond donors (Lipinski definition) is 2. The van der Waals surface area contributed by atoms with E-state index in [-0.39, 0.29) is 0 Å². The molecule has 0 saturated carbocycles. The molecule has 29 heavy (non-hydrogen) atoms. The number of carbonyl (C=O) groups is 1. The minimum absolute atomic E-state index is 0.462. The molecule has 1 amide bonds. The Balaban J connectivity index is 1.55. The molecule has 144 valence electrons. The fourth-order valence-corrected chi connectivity index (χ4v) is 3.32. The van der Waals surface area contributed by atoms with Crippen LogP contribution in [-0.4, -0.2) is 20.9 Å². The molecule has 0 saturated heterocycles. The average Bonchev–Trinajstić information content (AvgIpc) is 2.75. The summed E-state index contributed by atoms with van der Waals surface area (Å²) in [6.45, 7) is 0.472. The third-order valence-electron chi connectivity index (χ3n) is 4.82. The first-order valence-corrected chi connectivity index (χ1v) is 9.40. The van der Waals surface area contributed by atoms with Crippen molar-refractivity contribution in [1.82, 2.24) is 20.3 Å². The van der Waals surface area contributed by atoms with Crippen molar-refractivity contribution in [2.45, 2.75) is 19.0 Å². The molecule has 4 rings (SSSR count). The molecule has 4 aromatic rings. The first kappa shape index (κ1) is 18.7. The molecule has 0 bridgehead atoms. The zero-order valence-electron chi connectivity index (χ0n) is 15.8. The lowest BCUT2D eigenvalue weighted by atomic mass is 10.0. The molecular formula is C23H21N5O. The number of pyridine rings is 3. The van der Waals surface area contributed by atoms with Crippen LogP contribution in [0.15, 0.2) is 79.4 Å². The summed E-state index contributed by atoms with van der Waals surface area (Å²) in [6, 6.07) is 16.8. The van der Waals surface area contributed by atoms with Crippen LogP contribution in [-0.2, 0) is 17.8 Å². The van der Waals surface area contributed by atoms with Gasteiger partial charge < -0.3 is 5.73 Å². The number of rotatable bonds is 7. The molecule has 0 aliphatic rings. The minimum Gasteiger partial charge on any atom is -0.368 e. The van der Waals surface area contributed by atoms with Crippen molar-refractivity contribution in [1.29, 1.82) is 0 Å². The van der Waals surface area contributed by atoms with Gasteiger partial charge in [-0.2, -0.15) is 0 Å². The van der Waals surface area contributed by atoms with Gasteiger partial charge in [0.1, 0.15) is 6.04 Å². The Morgan fingerprint density at radius 1 is 0.931 bits per heavy atom. The van der Waals surface area contributed by atoms with Crippen LogP contribution in [0.3, 0.4) is 0 Å². The highest BCUT2D eigenvalue weighted by atomic mass is 16.1.